The first-order valence-electron chi connectivity index (χ1n) is 7.66. The molecule has 0 radical (unpaired) electrons. The molecule has 0 aromatic heterocycles. The van der Waals surface area contributed by atoms with Gasteiger partial charge in [0.1, 0.15) is 5.75 Å². The lowest BCUT2D eigenvalue weighted by molar-refractivity contribution is -0.145. The van der Waals surface area contributed by atoms with Crippen molar-refractivity contribution < 1.29 is 14.6 Å². The summed E-state index contributed by atoms with van der Waals surface area (Å²) in [6, 6.07) is 6.15. The van der Waals surface area contributed by atoms with E-state index in [1.54, 1.807) is 7.11 Å². The maximum atomic E-state index is 10.7. The SMILES string of the molecule is COc1ccc2c(c1)C(O)C(N1CC(C)OC(C)(C)C1)C2. The number of aliphatic hydroxyl groups excluding tert-OH is 1. The Morgan fingerprint density at radius 1 is 1.38 bits per heavy atom. The normalized spacial score (nSPS) is 32.0. The Bertz CT molecular complexity index is 529. The molecular formula is C17H25NO3. The number of morpholine rings is 1. The van der Waals surface area contributed by atoms with Crippen molar-refractivity contribution in [1.82, 2.24) is 4.90 Å². The predicted octanol–water partition coefficient (Wildman–Crippen LogP) is 2.15. The van der Waals surface area contributed by atoms with Gasteiger partial charge < -0.3 is 14.6 Å². The van der Waals surface area contributed by atoms with Crippen LogP contribution in [0.25, 0.3) is 0 Å². The third-order valence-corrected chi connectivity index (χ3v) is 4.53. The second kappa shape index (κ2) is 5.27. The topological polar surface area (TPSA) is 41.9 Å². The summed E-state index contributed by atoms with van der Waals surface area (Å²) in [7, 11) is 1.66. The molecule has 1 aliphatic carbocycles. The third-order valence-electron chi connectivity index (χ3n) is 4.53. The van der Waals surface area contributed by atoms with Crippen LogP contribution in [-0.2, 0) is 11.2 Å². The summed E-state index contributed by atoms with van der Waals surface area (Å²) in [6.45, 7) is 8.06. The lowest BCUT2D eigenvalue weighted by Crippen LogP contribution is -2.56. The van der Waals surface area contributed by atoms with E-state index in [4.69, 9.17) is 9.47 Å². The molecule has 1 aromatic rings. The maximum absolute atomic E-state index is 10.7. The van der Waals surface area contributed by atoms with Gasteiger partial charge in [-0.1, -0.05) is 6.07 Å². The Morgan fingerprint density at radius 3 is 2.81 bits per heavy atom. The molecule has 2 aliphatic rings. The van der Waals surface area contributed by atoms with E-state index >= 15 is 0 Å². The fourth-order valence-corrected chi connectivity index (χ4v) is 3.79. The molecule has 0 amide bonds. The van der Waals surface area contributed by atoms with Crippen LogP contribution >= 0.6 is 0 Å². The fraction of sp³-hybridized carbons (Fsp3) is 0.647. The van der Waals surface area contributed by atoms with Gasteiger partial charge in [-0.2, -0.15) is 0 Å². The van der Waals surface area contributed by atoms with Crippen molar-refractivity contribution >= 4 is 0 Å². The van der Waals surface area contributed by atoms with Crippen molar-refractivity contribution in [2.75, 3.05) is 20.2 Å². The van der Waals surface area contributed by atoms with Gasteiger partial charge in [0.2, 0.25) is 0 Å². The third kappa shape index (κ3) is 2.80. The van der Waals surface area contributed by atoms with Crippen LogP contribution in [0, 0.1) is 0 Å². The summed E-state index contributed by atoms with van der Waals surface area (Å²) < 4.78 is 11.2. The Balaban J connectivity index is 1.82. The molecule has 0 saturated carbocycles. The second-order valence-corrected chi connectivity index (χ2v) is 6.90. The number of aliphatic hydroxyl groups is 1. The highest BCUT2D eigenvalue weighted by atomic mass is 16.5. The van der Waals surface area contributed by atoms with Crippen LogP contribution in [0.1, 0.15) is 38.0 Å². The van der Waals surface area contributed by atoms with E-state index in [9.17, 15) is 5.11 Å². The van der Waals surface area contributed by atoms with Gasteiger partial charge in [0.25, 0.3) is 0 Å². The Morgan fingerprint density at radius 2 is 2.14 bits per heavy atom. The van der Waals surface area contributed by atoms with Crippen molar-refractivity contribution in [3.05, 3.63) is 29.3 Å². The van der Waals surface area contributed by atoms with E-state index in [-0.39, 0.29) is 17.7 Å². The number of rotatable bonds is 2. The number of nitrogens with zero attached hydrogens (tertiary/aromatic N) is 1. The minimum atomic E-state index is -0.448. The van der Waals surface area contributed by atoms with E-state index in [2.05, 4.69) is 31.7 Å². The van der Waals surface area contributed by atoms with Crippen LogP contribution in [0.4, 0.5) is 0 Å². The molecule has 3 atom stereocenters. The molecule has 4 heteroatoms. The Hall–Kier alpha value is -1.10. The van der Waals surface area contributed by atoms with E-state index < -0.39 is 6.10 Å². The predicted molar refractivity (Wildman–Crippen MR) is 81.6 cm³/mol. The van der Waals surface area contributed by atoms with Crippen LogP contribution in [0.2, 0.25) is 0 Å². The number of hydrogen-bond donors (Lipinski definition) is 1. The number of ether oxygens (including phenoxy) is 2. The smallest absolute Gasteiger partial charge is 0.119 e. The van der Waals surface area contributed by atoms with E-state index in [1.807, 2.05) is 12.1 Å². The first kappa shape index (κ1) is 14.8. The fourth-order valence-electron chi connectivity index (χ4n) is 3.79. The molecule has 1 fully saturated rings. The second-order valence-electron chi connectivity index (χ2n) is 6.90. The molecule has 3 rings (SSSR count). The largest absolute Gasteiger partial charge is 0.497 e. The van der Waals surface area contributed by atoms with E-state index in [1.165, 1.54) is 5.56 Å². The van der Waals surface area contributed by atoms with Crippen LogP contribution in [0.15, 0.2) is 18.2 Å². The average Bonchev–Trinajstić information content (AvgIpc) is 2.73. The highest BCUT2D eigenvalue weighted by Gasteiger charge is 2.41. The van der Waals surface area contributed by atoms with Crippen molar-refractivity contribution in [2.24, 2.45) is 0 Å². The first-order valence-corrected chi connectivity index (χ1v) is 7.66. The molecular weight excluding hydrogens is 266 g/mol. The molecule has 1 aliphatic heterocycles. The van der Waals surface area contributed by atoms with Gasteiger partial charge in [0.15, 0.2) is 0 Å². The summed E-state index contributed by atoms with van der Waals surface area (Å²) in [5.41, 5.74) is 2.07. The van der Waals surface area contributed by atoms with Gasteiger partial charge in [0, 0.05) is 19.1 Å². The molecule has 1 aromatic carbocycles. The zero-order valence-corrected chi connectivity index (χ0v) is 13.3. The zero-order chi connectivity index (χ0) is 15.2. The average molecular weight is 291 g/mol. The molecule has 21 heavy (non-hydrogen) atoms. The van der Waals surface area contributed by atoms with Gasteiger partial charge in [-0.25, -0.2) is 0 Å². The summed E-state index contributed by atoms with van der Waals surface area (Å²) >= 11 is 0. The van der Waals surface area contributed by atoms with Gasteiger partial charge in [-0.15, -0.1) is 0 Å². The van der Waals surface area contributed by atoms with Crippen molar-refractivity contribution in [3.8, 4) is 5.75 Å². The quantitative estimate of drug-likeness (QED) is 0.906. The van der Waals surface area contributed by atoms with E-state index in [0.717, 1.165) is 30.8 Å². The van der Waals surface area contributed by atoms with E-state index in [0.29, 0.717) is 0 Å². The molecule has 1 heterocycles. The lowest BCUT2D eigenvalue weighted by Gasteiger charge is -2.45. The Kier molecular flexibility index (Phi) is 3.72. The molecule has 0 spiro atoms. The van der Waals surface area contributed by atoms with Crippen LogP contribution in [0.3, 0.4) is 0 Å². The highest BCUT2D eigenvalue weighted by Crippen LogP contribution is 2.38. The number of hydrogen-bond acceptors (Lipinski definition) is 4. The maximum Gasteiger partial charge on any atom is 0.119 e. The summed E-state index contributed by atoms with van der Waals surface area (Å²) in [5.74, 6) is 0.809. The molecule has 0 bridgehead atoms. The molecule has 4 nitrogen and oxygen atoms in total. The molecule has 3 unspecified atom stereocenters. The number of benzene rings is 1. The van der Waals surface area contributed by atoms with Crippen molar-refractivity contribution in [1.29, 1.82) is 0 Å². The summed E-state index contributed by atoms with van der Waals surface area (Å²) in [6.07, 6.45) is 0.638. The standard InChI is InChI=1S/C17H25NO3/c1-11-9-18(10-17(2,3)21-11)15-7-12-5-6-13(20-4)8-14(12)16(15)19/h5-6,8,11,15-16,19H,7,9-10H2,1-4H3. The van der Waals surface area contributed by atoms with Gasteiger partial charge in [0.05, 0.1) is 24.9 Å². The lowest BCUT2D eigenvalue weighted by atomic mass is 10.0. The minimum Gasteiger partial charge on any atom is -0.497 e. The number of fused-ring (bicyclic) bond motifs is 1. The molecule has 116 valence electrons. The summed E-state index contributed by atoms with van der Waals surface area (Å²) in [5, 5.41) is 10.7. The molecule has 1 N–H and O–H groups in total. The van der Waals surface area contributed by atoms with Crippen molar-refractivity contribution in [3.63, 3.8) is 0 Å². The molecule has 1 saturated heterocycles. The van der Waals surface area contributed by atoms with Crippen LogP contribution in [0.5, 0.6) is 5.75 Å². The van der Waals surface area contributed by atoms with Gasteiger partial charge in [-0.05, 0) is 50.5 Å². The minimum absolute atomic E-state index is 0.137. The Labute approximate surface area is 126 Å². The monoisotopic (exact) mass is 291 g/mol. The van der Waals surface area contributed by atoms with Crippen LogP contribution < -0.4 is 4.74 Å². The summed E-state index contributed by atoms with van der Waals surface area (Å²) in [4.78, 5) is 2.38. The van der Waals surface area contributed by atoms with Crippen LogP contribution in [-0.4, -0.2) is 48.0 Å². The van der Waals surface area contributed by atoms with Gasteiger partial charge >= 0.3 is 0 Å². The zero-order valence-electron chi connectivity index (χ0n) is 13.3. The van der Waals surface area contributed by atoms with Gasteiger partial charge in [-0.3, -0.25) is 4.90 Å². The van der Waals surface area contributed by atoms with Crippen molar-refractivity contribution in [2.45, 2.75) is 51.0 Å². The first-order chi connectivity index (χ1) is 9.89. The highest BCUT2D eigenvalue weighted by molar-refractivity contribution is 5.42. The number of methoxy groups -OCH3 is 1.